The summed E-state index contributed by atoms with van der Waals surface area (Å²) in [5.74, 6) is 3.98. The van der Waals surface area contributed by atoms with Crippen molar-refractivity contribution in [3.63, 3.8) is 0 Å². The summed E-state index contributed by atoms with van der Waals surface area (Å²) in [6, 6.07) is 15.5. The lowest BCUT2D eigenvalue weighted by Gasteiger charge is -2.22. The summed E-state index contributed by atoms with van der Waals surface area (Å²) >= 11 is 30.0. The number of hydrogen-bond acceptors (Lipinski definition) is 10. The van der Waals surface area contributed by atoms with Crippen molar-refractivity contribution >= 4 is 75.5 Å². The second-order valence-electron chi connectivity index (χ2n) is 14.9. The maximum atomic E-state index is 9.36. The zero-order valence-electron chi connectivity index (χ0n) is 29.3. The molecule has 0 bridgehead atoms. The maximum Gasteiger partial charge on any atom is 0.152 e. The first-order valence-corrected chi connectivity index (χ1v) is 19.2. The smallest absolute Gasteiger partial charge is 0.152 e. The van der Waals surface area contributed by atoms with Crippen molar-refractivity contribution in [2.45, 2.75) is 39.5 Å². The first kappa shape index (κ1) is 39.1. The summed E-state index contributed by atoms with van der Waals surface area (Å²) < 4.78 is 0. The third-order valence-electron chi connectivity index (χ3n) is 10.7. The fraction of sp³-hybridized carbons (Fsp3) is 0.421. The highest BCUT2D eigenvalue weighted by molar-refractivity contribution is 6.44. The fourth-order valence-electron chi connectivity index (χ4n) is 8.23. The van der Waals surface area contributed by atoms with Crippen LogP contribution in [0.25, 0.3) is 22.5 Å². The quantitative estimate of drug-likeness (QED) is 0.182. The molecular formula is C38H39Cl5N10. The molecule has 0 spiro atoms. The van der Waals surface area contributed by atoms with Crippen LogP contribution in [0, 0.1) is 57.2 Å². The van der Waals surface area contributed by atoms with Crippen LogP contribution in [0.5, 0.6) is 0 Å². The van der Waals surface area contributed by atoms with Gasteiger partial charge in [-0.2, -0.15) is 10.5 Å². The average molecular weight is 813 g/mol. The van der Waals surface area contributed by atoms with E-state index in [0.717, 1.165) is 69.5 Å². The molecule has 2 aromatic heterocycles. The van der Waals surface area contributed by atoms with E-state index in [1.807, 2.05) is 12.1 Å². The highest BCUT2D eigenvalue weighted by atomic mass is 35.5. The van der Waals surface area contributed by atoms with Gasteiger partial charge < -0.3 is 21.7 Å². The molecule has 2 aliphatic heterocycles. The zero-order chi connectivity index (χ0) is 38.1. The summed E-state index contributed by atoms with van der Waals surface area (Å²) in [4.78, 5) is 19.3. The van der Waals surface area contributed by atoms with Crippen LogP contribution < -0.4 is 21.7 Å². The minimum absolute atomic E-state index is 0.00255. The number of aromatic nitrogens is 4. The topological polar surface area (TPSA) is 166 Å². The van der Waals surface area contributed by atoms with Crippen LogP contribution >= 0.6 is 58.0 Å². The Morgan fingerprint density at radius 1 is 0.698 bits per heavy atom. The minimum atomic E-state index is -0.181. The number of nitrogens with zero attached hydrogens (tertiary/aromatic N) is 7. The van der Waals surface area contributed by atoms with Gasteiger partial charge in [0.05, 0.1) is 55.5 Å². The second kappa shape index (κ2) is 16.0. The van der Waals surface area contributed by atoms with Gasteiger partial charge in [0.2, 0.25) is 0 Å². The van der Waals surface area contributed by atoms with Crippen molar-refractivity contribution in [3.05, 3.63) is 74.0 Å². The summed E-state index contributed by atoms with van der Waals surface area (Å²) in [5.41, 5.74) is 14.0. The molecule has 53 heavy (non-hydrogen) atoms. The molecule has 4 fully saturated rings. The normalized spacial score (nSPS) is 26.7. The van der Waals surface area contributed by atoms with Crippen molar-refractivity contribution in [2.24, 2.45) is 34.5 Å². The van der Waals surface area contributed by atoms with E-state index in [9.17, 15) is 5.26 Å². The van der Waals surface area contributed by atoms with Crippen LogP contribution in [0.4, 0.5) is 17.5 Å². The predicted molar refractivity (Wildman–Crippen MR) is 214 cm³/mol. The summed E-state index contributed by atoms with van der Waals surface area (Å²) in [5, 5.41) is 23.6. The van der Waals surface area contributed by atoms with Gasteiger partial charge in [-0.25, -0.2) is 19.9 Å². The minimum Gasteiger partial charge on any atom is -0.382 e. The molecule has 4 aliphatic rings. The lowest BCUT2D eigenvalue weighted by atomic mass is 9.89. The number of nitriles is 2. The van der Waals surface area contributed by atoms with Crippen molar-refractivity contribution in [2.75, 3.05) is 42.5 Å². The van der Waals surface area contributed by atoms with Crippen LogP contribution in [0.1, 0.15) is 39.5 Å². The number of nitrogen functional groups attached to an aromatic ring is 2. The molecule has 15 heteroatoms. The van der Waals surface area contributed by atoms with Crippen LogP contribution in [0.3, 0.4) is 0 Å². The summed E-state index contributed by atoms with van der Waals surface area (Å²) in [6.07, 6.45) is 7.27. The van der Waals surface area contributed by atoms with Crippen molar-refractivity contribution in [1.29, 1.82) is 10.5 Å². The van der Waals surface area contributed by atoms with Gasteiger partial charge in [0.25, 0.3) is 0 Å². The standard InChI is InChI=1S/C19H19Cl2N5.C10H6Cl3N3.C9H14N2/c1-19(10-22)5-11-8-26(9-12(11)6-19)15-7-24-17(18(23)25-15)13-3-2-4-14(20)16(13)21;11-6-3-1-2-5(8(6)13)9-10(14)16-7(12)4-15-9;1-9(6-10)2-7-4-11-5-8(7)3-9/h2-4,7,11-12H,5-6,8-9H2,1H3,(H2,23,25);1-4H,(H2,14,16);7-8,11H,2-5H2,1H3/t11-,12+,19?;;7-,8+,9?. The molecule has 0 amide bonds. The van der Waals surface area contributed by atoms with Gasteiger partial charge in [0.15, 0.2) is 11.6 Å². The first-order valence-electron chi connectivity index (χ1n) is 17.3. The third kappa shape index (κ3) is 8.55. The van der Waals surface area contributed by atoms with E-state index in [4.69, 9.17) is 74.7 Å². The molecule has 10 nitrogen and oxygen atoms in total. The van der Waals surface area contributed by atoms with E-state index in [2.05, 4.69) is 56.1 Å². The zero-order valence-corrected chi connectivity index (χ0v) is 33.0. The van der Waals surface area contributed by atoms with Crippen LogP contribution in [-0.2, 0) is 0 Å². The van der Waals surface area contributed by atoms with Gasteiger partial charge >= 0.3 is 0 Å². The molecule has 6 atom stereocenters. The van der Waals surface area contributed by atoms with E-state index in [1.54, 1.807) is 30.5 Å². The van der Waals surface area contributed by atoms with Gasteiger partial charge in [-0.3, -0.25) is 0 Å². The lowest BCUT2D eigenvalue weighted by molar-refractivity contribution is 0.417. The SMILES string of the molecule is CC1(C#N)C[C@H]2CN(c3cnc(-c4cccc(Cl)c4Cl)c(N)n3)C[C@H]2C1.CC1(C#N)C[C@H]2CNC[C@H]2C1.Nc1nc(Cl)cnc1-c1cccc(Cl)c1Cl. The van der Waals surface area contributed by atoms with Gasteiger partial charge in [-0.15, -0.1) is 0 Å². The van der Waals surface area contributed by atoms with E-state index in [1.165, 1.54) is 6.20 Å². The van der Waals surface area contributed by atoms with E-state index in [-0.39, 0.29) is 21.8 Å². The molecule has 4 heterocycles. The molecule has 4 aromatic rings. The molecule has 8 rings (SSSR count). The number of nitrogens with two attached hydrogens (primary N) is 2. The average Bonchev–Trinajstić information content (AvgIpc) is 3.88. The van der Waals surface area contributed by atoms with Crippen molar-refractivity contribution in [1.82, 2.24) is 25.3 Å². The third-order valence-corrected chi connectivity index (χ3v) is 12.6. The van der Waals surface area contributed by atoms with E-state index in [0.29, 0.717) is 60.3 Å². The van der Waals surface area contributed by atoms with Crippen LogP contribution in [0.15, 0.2) is 48.8 Å². The molecule has 2 aromatic carbocycles. The van der Waals surface area contributed by atoms with Gasteiger partial charge in [0.1, 0.15) is 22.4 Å². The Labute approximate surface area is 334 Å². The van der Waals surface area contributed by atoms with Gasteiger partial charge in [-0.1, -0.05) is 82.3 Å². The van der Waals surface area contributed by atoms with Crippen LogP contribution in [-0.4, -0.2) is 46.1 Å². The fourth-order valence-corrected chi connectivity index (χ4v) is 9.15. The largest absolute Gasteiger partial charge is 0.382 e. The Morgan fingerprint density at radius 2 is 1.15 bits per heavy atom. The molecule has 5 N–H and O–H groups in total. The number of benzene rings is 2. The van der Waals surface area contributed by atoms with Crippen molar-refractivity contribution < 1.29 is 0 Å². The number of hydrogen-bond donors (Lipinski definition) is 3. The van der Waals surface area contributed by atoms with Gasteiger partial charge in [0, 0.05) is 24.2 Å². The molecule has 2 saturated heterocycles. The Bertz CT molecular complexity index is 2060. The number of halogens is 5. The Morgan fingerprint density at radius 3 is 1.60 bits per heavy atom. The lowest BCUT2D eigenvalue weighted by Crippen LogP contribution is -2.25. The number of fused-ring (bicyclic) bond motifs is 2. The molecule has 2 aliphatic carbocycles. The molecule has 2 saturated carbocycles. The van der Waals surface area contributed by atoms with Crippen molar-refractivity contribution in [3.8, 4) is 34.7 Å². The van der Waals surface area contributed by atoms with E-state index >= 15 is 0 Å². The monoisotopic (exact) mass is 810 g/mol. The molecular weight excluding hydrogens is 774 g/mol. The maximum absolute atomic E-state index is 9.36. The van der Waals surface area contributed by atoms with Gasteiger partial charge in [-0.05, 0) is 88.4 Å². The molecule has 276 valence electrons. The van der Waals surface area contributed by atoms with E-state index < -0.39 is 0 Å². The highest BCUT2D eigenvalue weighted by Crippen LogP contribution is 2.49. The highest BCUT2D eigenvalue weighted by Gasteiger charge is 2.47. The number of rotatable bonds is 3. The Balaban J connectivity index is 0.000000151. The number of anilines is 3. The first-order chi connectivity index (χ1) is 25.2. The second-order valence-corrected chi connectivity index (χ2v) is 16.8. The molecule has 2 unspecified atom stereocenters. The molecule has 0 radical (unpaired) electrons. The summed E-state index contributed by atoms with van der Waals surface area (Å²) in [6.45, 7) is 8.24. The predicted octanol–water partition coefficient (Wildman–Crippen LogP) is 9.24. The number of nitrogens with one attached hydrogen (secondary N) is 1. The Hall–Kier alpha value is -3.61. The van der Waals surface area contributed by atoms with Crippen LogP contribution in [0.2, 0.25) is 25.2 Å². The summed E-state index contributed by atoms with van der Waals surface area (Å²) in [7, 11) is 0. The Kier molecular flexibility index (Phi) is 11.8.